The minimum atomic E-state index is 0.291. The minimum Gasteiger partial charge on any atom is -0.271 e. The maximum absolute atomic E-state index is 5.66. The van der Waals surface area contributed by atoms with E-state index in [1.165, 1.54) is 11.1 Å². The number of nitrogens with two attached hydrogens (primary N) is 1. The number of nitrogens with one attached hydrogen (secondary N) is 1. The zero-order chi connectivity index (χ0) is 13.7. The molecule has 0 radical (unpaired) electrons. The quantitative estimate of drug-likeness (QED) is 0.608. The molecule has 19 heavy (non-hydrogen) atoms. The second kappa shape index (κ2) is 7.24. The first kappa shape index (κ1) is 14.8. The van der Waals surface area contributed by atoms with Crippen molar-refractivity contribution >= 4 is 33.3 Å². The largest absolute Gasteiger partial charge is 0.271 e. The van der Waals surface area contributed by atoms with Crippen molar-refractivity contribution in [2.45, 2.75) is 38.0 Å². The molecule has 3 nitrogen and oxygen atoms in total. The molecule has 0 aliphatic carbocycles. The van der Waals surface area contributed by atoms with Gasteiger partial charge in [-0.3, -0.25) is 11.3 Å². The Balaban J connectivity index is 1.97. The third kappa shape index (κ3) is 4.18. The first-order valence-electron chi connectivity index (χ1n) is 6.65. The second-order valence-corrected chi connectivity index (χ2v) is 7.28. The normalized spacial score (nSPS) is 14.7. The van der Waals surface area contributed by atoms with Crippen LogP contribution in [0, 0.1) is 0 Å². The van der Waals surface area contributed by atoms with Gasteiger partial charge in [0.15, 0.2) is 0 Å². The Labute approximate surface area is 123 Å². The summed E-state index contributed by atoms with van der Waals surface area (Å²) in [5, 5.41) is 1.85. The number of nitrogens with zero attached hydrogens (tertiary/aromatic N) is 1. The topological polar surface area (TPSA) is 50.9 Å². The lowest BCUT2D eigenvalue weighted by Gasteiger charge is -2.16. The van der Waals surface area contributed by atoms with Crippen LogP contribution in [0.2, 0.25) is 0 Å². The number of benzene rings is 1. The zero-order valence-corrected chi connectivity index (χ0v) is 13.1. The van der Waals surface area contributed by atoms with E-state index in [4.69, 9.17) is 5.84 Å². The van der Waals surface area contributed by atoms with E-state index >= 15 is 0 Å². The predicted molar refractivity (Wildman–Crippen MR) is 86.6 cm³/mol. The number of aromatic nitrogens is 1. The minimum absolute atomic E-state index is 0.291. The van der Waals surface area contributed by atoms with Crippen molar-refractivity contribution in [1.82, 2.24) is 10.4 Å². The van der Waals surface area contributed by atoms with Crippen LogP contribution in [0.4, 0.5) is 0 Å². The van der Waals surface area contributed by atoms with Crippen LogP contribution >= 0.6 is 23.1 Å². The van der Waals surface area contributed by atoms with Crippen LogP contribution in [-0.2, 0) is 6.42 Å². The summed E-state index contributed by atoms with van der Waals surface area (Å²) < 4.78 is 1.25. The van der Waals surface area contributed by atoms with E-state index in [0.29, 0.717) is 11.3 Å². The van der Waals surface area contributed by atoms with Crippen LogP contribution in [0.25, 0.3) is 10.2 Å². The molecule has 0 aliphatic heterocycles. The third-order valence-electron chi connectivity index (χ3n) is 3.15. The van der Waals surface area contributed by atoms with E-state index in [2.05, 4.69) is 42.5 Å². The van der Waals surface area contributed by atoms with E-state index in [0.717, 1.165) is 22.7 Å². The van der Waals surface area contributed by atoms with Crippen LogP contribution < -0.4 is 11.3 Å². The zero-order valence-electron chi connectivity index (χ0n) is 11.4. The first-order valence-corrected chi connectivity index (χ1v) is 8.51. The number of hydrogen-bond acceptors (Lipinski definition) is 5. The number of thioether (sulfide) groups is 1. The summed E-state index contributed by atoms with van der Waals surface area (Å²) >= 11 is 3.73. The Hall–Kier alpha value is -0.620. The van der Waals surface area contributed by atoms with E-state index < -0.39 is 0 Å². The number of hydrazine groups is 1. The Morgan fingerprint density at radius 3 is 2.89 bits per heavy atom. The van der Waals surface area contributed by atoms with Gasteiger partial charge in [-0.1, -0.05) is 26.0 Å². The summed E-state index contributed by atoms with van der Waals surface area (Å²) in [5.74, 6) is 6.69. The fourth-order valence-electron chi connectivity index (χ4n) is 1.78. The van der Waals surface area contributed by atoms with Crippen molar-refractivity contribution in [3.8, 4) is 0 Å². The molecule has 5 heteroatoms. The molecule has 2 rings (SSSR count). The average molecular weight is 295 g/mol. The Bertz CT molecular complexity index is 479. The van der Waals surface area contributed by atoms with Crippen LogP contribution in [0.1, 0.15) is 25.3 Å². The number of para-hydroxylation sites is 1. The predicted octanol–water partition coefficient (Wildman–Crippen LogP) is 3.20. The molecule has 0 saturated heterocycles. The maximum atomic E-state index is 5.66. The van der Waals surface area contributed by atoms with Crippen LogP contribution in [0.3, 0.4) is 0 Å². The van der Waals surface area contributed by atoms with Crippen molar-refractivity contribution in [1.29, 1.82) is 0 Å². The summed E-state index contributed by atoms with van der Waals surface area (Å²) in [4.78, 5) is 4.66. The fourth-order valence-corrected chi connectivity index (χ4v) is 3.84. The lowest BCUT2D eigenvalue weighted by molar-refractivity contribution is 0.574. The highest BCUT2D eigenvalue weighted by Crippen LogP contribution is 2.23. The average Bonchev–Trinajstić information content (AvgIpc) is 2.85. The van der Waals surface area contributed by atoms with Gasteiger partial charge in [-0.15, -0.1) is 11.3 Å². The maximum Gasteiger partial charge on any atom is 0.0954 e. The van der Waals surface area contributed by atoms with Crippen LogP contribution in [0.15, 0.2) is 24.3 Å². The summed E-state index contributed by atoms with van der Waals surface area (Å²) in [6, 6.07) is 8.56. The monoisotopic (exact) mass is 295 g/mol. The van der Waals surface area contributed by atoms with E-state index in [1.54, 1.807) is 11.3 Å². The van der Waals surface area contributed by atoms with Gasteiger partial charge in [0, 0.05) is 23.5 Å². The molecule has 0 spiro atoms. The number of hydrogen-bond donors (Lipinski definition) is 2. The molecular formula is C14H21N3S2. The number of rotatable bonds is 7. The summed E-state index contributed by atoms with van der Waals surface area (Å²) in [5.41, 5.74) is 4.01. The molecule has 2 aromatic rings. The summed E-state index contributed by atoms with van der Waals surface area (Å²) in [6.07, 6.45) is 2.10. The van der Waals surface area contributed by atoms with Gasteiger partial charge in [0.1, 0.15) is 0 Å². The van der Waals surface area contributed by atoms with Gasteiger partial charge in [-0.2, -0.15) is 11.8 Å². The standard InChI is InChI=1S/C14H21N3S2/c1-3-10(2)18-9-11(17-15)8-14-16-12-6-4-5-7-13(12)19-14/h4-7,10-11,17H,3,8-9,15H2,1-2H3. The molecule has 0 bridgehead atoms. The molecule has 2 atom stereocenters. The molecule has 3 N–H and O–H groups in total. The van der Waals surface area contributed by atoms with Crippen molar-refractivity contribution < 1.29 is 0 Å². The highest BCUT2D eigenvalue weighted by atomic mass is 32.2. The lowest BCUT2D eigenvalue weighted by Crippen LogP contribution is -2.39. The van der Waals surface area contributed by atoms with Gasteiger partial charge in [0.05, 0.1) is 15.2 Å². The van der Waals surface area contributed by atoms with Crippen molar-refractivity contribution in [3.63, 3.8) is 0 Å². The Morgan fingerprint density at radius 1 is 1.42 bits per heavy atom. The molecule has 0 aliphatic rings. The molecule has 1 aromatic carbocycles. The van der Waals surface area contributed by atoms with Crippen LogP contribution in [-0.4, -0.2) is 22.0 Å². The second-order valence-electron chi connectivity index (χ2n) is 4.70. The Morgan fingerprint density at radius 2 is 2.21 bits per heavy atom. The highest BCUT2D eigenvalue weighted by Gasteiger charge is 2.13. The molecule has 0 saturated carbocycles. The molecule has 0 fully saturated rings. The molecule has 1 heterocycles. The summed E-state index contributed by atoms with van der Waals surface area (Å²) in [7, 11) is 0. The van der Waals surface area contributed by atoms with Crippen molar-refractivity contribution in [2.75, 3.05) is 5.75 Å². The number of thiazole rings is 1. The molecular weight excluding hydrogens is 274 g/mol. The van der Waals surface area contributed by atoms with Gasteiger partial charge in [0.2, 0.25) is 0 Å². The molecule has 104 valence electrons. The van der Waals surface area contributed by atoms with Crippen molar-refractivity contribution in [2.24, 2.45) is 5.84 Å². The van der Waals surface area contributed by atoms with E-state index in [-0.39, 0.29) is 0 Å². The molecule has 1 aromatic heterocycles. The van der Waals surface area contributed by atoms with Gasteiger partial charge in [-0.05, 0) is 18.6 Å². The molecule has 2 unspecified atom stereocenters. The first-order chi connectivity index (χ1) is 9.22. The highest BCUT2D eigenvalue weighted by molar-refractivity contribution is 7.99. The fraction of sp³-hybridized carbons (Fsp3) is 0.500. The van der Waals surface area contributed by atoms with Gasteiger partial charge in [-0.25, -0.2) is 4.98 Å². The van der Waals surface area contributed by atoms with Crippen LogP contribution in [0.5, 0.6) is 0 Å². The van der Waals surface area contributed by atoms with Gasteiger partial charge < -0.3 is 0 Å². The van der Waals surface area contributed by atoms with Gasteiger partial charge in [0.25, 0.3) is 0 Å². The Kier molecular flexibility index (Phi) is 5.63. The van der Waals surface area contributed by atoms with Crippen molar-refractivity contribution in [3.05, 3.63) is 29.3 Å². The van der Waals surface area contributed by atoms with Gasteiger partial charge >= 0.3 is 0 Å². The number of fused-ring (bicyclic) bond motifs is 1. The lowest BCUT2D eigenvalue weighted by atomic mass is 10.2. The third-order valence-corrected chi connectivity index (χ3v) is 5.71. The van der Waals surface area contributed by atoms with E-state index in [1.807, 2.05) is 17.8 Å². The SMILES string of the molecule is CCC(C)SCC(Cc1nc2ccccc2s1)NN. The summed E-state index contributed by atoms with van der Waals surface area (Å²) in [6.45, 7) is 4.48. The smallest absolute Gasteiger partial charge is 0.0954 e. The molecule has 0 amide bonds. The van der Waals surface area contributed by atoms with E-state index in [9.17, 15) is 0 Å².